The van der Waals surface area contributed by atoms with E-state index in [9.17, 15) is 19.5 Å². The summed E-state index contributed by atoms with van der Waals surface area (Å²) in [4.78, 5) is 36.5. The first-order valence-electron chi connectivity index (χ1n) is 8.09. The van der Waals surface area contributed by atoms with Crippen molar-refractivity contribution in [2.75, 3.05) is 6.61 Å². The minimum Gasteiger partial charge on any atom is -0.493 e. The van der Waals surface area contributed by atoms with Crippen molar-refractivity contribution in [3.8, 4) is 5.75 Å². The Labute approximate surface area is 154 Å². The summed E-state index contributed by atoms with van der Waals surface area (Å²) in [5.74, 6) is -1.38. The van der Waals surface area contributed by atoms with Gasteiger partial charge in [-0.15, -0.1) is 11.3 Å². The van der Waals surface area contributed by atoms with Crippen molar-refractivity contribution in [1.82, 2.24) is 10.6 Å². The zero-order chi connectivity index (χ0) is 18.7. The van der Waals surface area contributed by atoms with Crippen LogP contribution in [0.2, 0.25) is 0 Å². The molecule has 0 aliphatic carbocycles. The van der Waals surface area contributed by atoms with Crippen molar-refractivity contribution >= 4 is 29.1 Å². The van der Waals surface area contributed by atoms with Gasteiger partial charge < -0.3 is 20.5 Å². The number of fused-ring (bicyclic) bond motifs is 1. The highest BCUT2D eigenvalue weighted by Crippen LogP contribution is 2.28. The highest BCUT2D eigenvalue weighted by Gasteiger charge is 2.27. The van der Waals surface area contributed by atoms with Gasteiger partial charge in [0.1, 0.15) is 11.8 Å². The predicted octanol–water partition coefficient (Wildman–Crippen LogP) is 1.74. The number of aliphatic carboxylic acids is 1. The van der Waals surface area contributed by atoms with Crippen LogP contribution in [0.25, 0.3) is 0 Å². The number of hydrogen-bond donors (Lipinski definition) is 3. The van der Waals surface area contributed by atoms with Crippen LogP contribution in [0, 0.1) is 0 Å². The Balaban J connectivity index is 1.68. The second-order valence-electron chi connectivity index (χ2n) is 5.92. The molecule has 3 N–H and O–H groups in total. The molecule has 1 aliphatic heterocycles. The lowest BCUT2D eigenvalue weighted by Crippen LogP contribution is -2.47. The number of carboxylic acid groups (broad SMARTS) is 1. The molecule has 0 bridgehead atoms. The summed E-state index contributed by atoms with van der Waals surface area (Å²) in [5, 5.41) is 16.3. The molecule has 1 aliphatic rings. The molecule has 0 spiro atoms. The molecule has 0 saturated carbocycles. The van der Waals surface area contributed by atoms with E-state index in [2.05, 4.69) is 10.6 Å². The van der Waals surface area contributed by atoms with Crippen LogP contribution in [0.1, 0.15) is 33.8 Å². The van der Waals surface area contributed by atoms with E-state index >= 15 is 0 Å². The van der Waals surface area contributed by atoms with Crippen LogP contribution in [-0.2, 0) is 16.0 Å². The van der Waals surface area contributed by atoms with Crippen LogP contribution in [0.15, 0.2) is 35.7 Å². The number of benzene rings is 1. The summed E-state index contributed by atoms with van der Waals surface area (Å²) < 4.78 is 5.41. The molecule has 3 rings (SSSR count). The molecule has 1 aromatic carbocycles. The summed E-state index contributed by atoms with van der Waals surface area (Å²) in [6.45, 7) is 2.07. The third-order valence-corrected chi connectivity index (χ3v) is 4.93. The maximum Gasteiger partial charge on any atom is 0.330 e. The van der Waals surface area contributed by atoms with Crippen molar-refractivity contribution in [1.29, 1.82) is 0 Å². The lowest BCUT2D eigenvalue weighted by atomic mass is 10.0. The standard InChI is InChI=1S/C18H18N2O5S/c1-10(19-17(22)14-3-2-8-26-14)16(21)20-15(18(23)24)12-4-5-13-11(9-12)6-7-25-13/h2-5,8-10,15H,6-7H2,1H3,(H,19,22)(H,20,21)(H,23,24). The third-order valence-electron chi connectivity index (χ3n) is 4.07. The topological polar surface area (TPSA) is 105 Å². The molecule has 2 heterocycles. The van der Waals surface area contributed by atoms with Crippen LogP contribution in [0.5, 0.6) is 5.75 Å². The van der Waals surface area contributed by atoms with Gasteiger partial charge in [0.15, 0.2) is 6.04 Å². The molecule has 0 fully saturated rings. The molecule has 0 radical (unpaired) electrons. The van der Waals surface area contributed by atoms with E-state index in [-0.39, 0.29) is 5.91 Å². The number of carboxylic acids is 1. The molecule has 7 nitrogen and oxygen atoms in total. The first-order valence-corrected chi connectivity index (χ1v) is 8.97. The summed E-state index contributed by atoms with van der Waals surface area (Å²) in [5.41, 5.74) is 1.38. The van der Waals surface area contributed by atoms with Gasteiger partial charge in [-0.05, 0) is 41.6 Å². The van der Waals surface area contributed by atoms with Crippen LogP contribution < -0.4 is 15.4 Å². The number of carbonyl (C=O) groups is 3. The van der Waals surface area contributed by atoms with E-state index in [1.54, 1.807) is 35.7 Å². The molecule has 2 aromatic rings. The fourth-order valence-corrected chi connectivity index (χ4v) is 3.31. The van der Waals surface area contributed by atoms with Gasteiger partial charge in [0.25, 0.3) is 5.91 Å². The number of amides is 2. The Bertz CT molecular complexity index is 834. The van der Waals surface area contributed by atoms with Crippen LogP contribution in [-0.4, -0.2) is 35.5 Å². The lowest BCUT2D eigenvalue weighted by molar-refractivity contribution is -0.142. The summed E-state index contributed by atoms with van der Waals surface area (Å²) in [6.07, 6.45) is 0.705. The van der Waals surface area contributed by atoms with Gasteiger partial charge in [-0.2, -0.15) is 0 Å². The fraction of sp³-hybridized carbons (Fsp3) is 0.278. The second kappa shape index (κ2) is 7.57. The number of ether oxygens (including phenoxy) is 1. The predicted molar refractivity (Wildman–Crippen MR) is 95.4 cm³/mol. The molecule has 1 aromatic heterocycles. The van der Waals surface area contributed by atoms with E-state index in [4.69, 9.17) is 4.74 Å². The zero-order valence-electron chi connectivity index (χ0n) is 14.0. The van der Waals surface area contributed by atoms with Gasteiger partial charge in [0, 0.05) is 6.42 Å². The Hall–Kier alpha value is -2.87. The monoisotopic (exact) mass is 374 g/mol. The van der Waals surface area contributed by atoms with Crippen molar-refractivity contribution in [2.24, 2.45) is 0 Å². The van der Waals surface area contributed by atoms with Gasteiger partial charge in [0.05, 0.1) is 11.5 Å². The van der Waals surface area contributed by atoms with Crippen molar-refractivity contribution in [3.63, 3.8) is 0 Å². The Morgan fingerprint density at radius 1 is 1.23 bits per heavy atom. The molecule has 136 valence electrons. The number of rotatable bonds is 6. The quantitative estimate of drug-likeness (QED) is 0.714. The smallest absolute Gasteiger partial charge is 0.330 e. The highest BCUT2D eigenvalue weighted by atomic mass is 32.1. The fourth-order valence-electron chi connectivity index (χ4n) is 2.68. The average molecular weight is 374 g/mol. The number of thiophene rings is 1. The normalized spacial score (nSPS) is 14.7. The van der Waals surface area contributed by atoms with Crippen molar-refractivity contribution in [2.45, 2.75) is 25.4 Å². The summed E-state index contributed by atoms with van der Waals surface area (Å²) in [7, 11) is 0. The van der Waals surface area contributed by atoms with Gasteiger partial charge in [-0.3, -0.25) is 9.59 Å². The molecule has 2 unspecified atom stereocenters. The van der Waals surface area contributed by atoms with Gasteiger partial charge >= 0.3 is 5.97 Å². The van der Waals surface area contributed by atoms with Gasteiger partial charge in [-0.1, -0.05) is 12.1 Å². The summed E-state index contributed by atoms with van der Waals surface area (Å²) in [6, 6.07) is 6.38. The minimum atomic E-state index is -1.20. The van der Waals surface area contributed by atoms with E-state index in [0.29, 0.717) is 23.5 Å². The van der Waals surface area contributed by atoms with E-state index < -0.39 is 24.0 Å². The second-order valence-corrected chi connectivity index (χ2v) is 6.87. The Morgan fingerprint density at radius 3 is 2.73 bits per heavy atom. The van der Waals surface area contributed by atoms with Crippen LogP contribution in [0.4, 0.5) is 0 Å². The molecule has 26 heavy (non-hydrogen) atoms. The van der Waals surface area contributed by atoms with Crippen molar-refractivity contribution < 1.29 is 24.2 Å². The van der Waals surface area contributed by atoms with Gasteiger partial charge in [-0.25, -0.2) is 4.79 Å². The van der Waals surface area contributed by atoms with E-state index in [1.807, 2.05) is 0 Å². The van der Waals surface area contributed by atoms with Crippen LogP contribution in [0.3, 0.4) is 0 Å². The third kappa shape index (κ3) is 3.85. The SMILES string of the molecule is CC(NC(=O)c1cccs1)C(=O)NC(C(=O)O)c1ccc2c(c1)CCO2. The first-order chi connectivity index (χ1) is 12.5. The average Bonchev–Trinajstić information content (AvgIpc) is 3.29. The largest absolute Gasteiger partial charge is 0.493 e. The Kier molecular flexibility index (Phi) is 5.22. The number of hydrogen-bond acceptors (Lipinski definition) is 5. The Morgan fingerprint density at radius 2 is 2.04 bits per heavy atom. The maximum atomic E-state index is 12.4. The van der Waals surface area contributed by atoms with Gasteiger partial charge in [0.2, 0.25) is 5.91 Å². The van der Waals surface area contributed by atoms with Crippen molar-refractivity contribution in [3.05, 3.63) is 51.7 Å². The molecular weight excluding hydrogens is 356 g/mol. The number of carbonyl (C=O) groups excluding carboxylic acids is 2. The lowest BCUT2D eigenvalue weighted by Gasteiger charge is -2.19. The molecule has 2 amide bonds. The van der Waals surface area contributed by atoms with Crippen LogP contribution >= 0.6 is 11.3 Å². The number of nitrogens with one attached hydrogen (secondary N) is 2. The summed E-state index contributed by atoms with van der Waals surface area (Å²) >= 11 is 1.26. The maximum absolute atomic E-state index is 12.4. The molecule has 2 atom stereocenters. The zero-order valence-corrected chi connectivity index (χ0v) is 14.8. The van der Waals surface area contributed by atoms with E-state index in [0.717, 1.165) is 11.3 Å². The molecule has 8 heteroatoms. The minimum absolute atomic E-state index is 0.371. The van der Waals surface area contributed by atoms with E-state index in [1.165, 1.54) is 18.3 Å². The molecular formula is C18H18N2O5S. The first kappa shape index (κ1) is 17.9. The molecule has 0 saturated heterocycles. The highest BCUT2D eigenvalue weighted by molar-refractivity contribution is 7.12.